The molecule has 0 saturated heterocycles. The average molecular weight is 445 g/mol. The molecule has 0 bridgehead atoms. The molecule has 8 heteroatoms. The van der Waals surface area contributed by atoms with E-state index in [1.165, 1.54) is 25.1 Å². The largest absolute Gasteiger partial charge is 0.352 e. The Balaban J connectivity index is 1.40. The predicted molar refractivity (Wildman–Crippen MR) is 115 cm³/mol. The molecule has 31 heavy (non-hydrogen) atoms. The standard InChI is InChI=1S/C23H25FN2O4S/c1-15(12-22(27)25-14-16-2-6-19(24)7-3-16)31(29,30)20-8-9-21-18(13-20)10-11-26(21)23(28)17-4-5-17/h2-3,6-9,13,15,17H,4-5,10-12,14H2,1H3,(H,25,27)/t15-/m1/s1. The fraction of sp³-hybridized carbons (Fsp3) is 0.391. The highest BCUT2D eigenvalue weighted by Gasteiger charge is 2.37. The molecule has 0 unspecified atom stereocenters. The summed E-state index contributed by atoms with van der Waals surface area (Å²) in [5.74, 6) is -0.504. The molecule has 6 nitrogen and oxygen atoms in total. The number of rotatable bonds is 7. The maximum atomic E-state index is 13.0. The Morgan fingerprint density at radius 2 is 1.87 bits per heavy atom. The molecule has 1 atom stereocenters. The number of amides is 2. The molecule has 1 fully saturated rings. The third-order valence-electron chi connectivity index (χ3n) is 5.87. The zero-order valence-corrected chi connectivity index (χ0v) is 18.1. The molecule has 164 valence electrons. The fourth-order valence-electron chi connectivity index (χ4n) is 3.81. The summed E-state index contributed by atoms with van der Waals surface area (Å²) in [6.45, 7) is 2.30. The van der Waals surface area contributed by atoms with Crippen molar-refractivity contribution in [2.45, 2.75) is 49.3 Å². The smallest absolute Gasteiger partial charge is 0.230 e. The zero-order chi connectivity index (χ0) is 22.2. The number of fused-ring (bicyclic) bond motifs is 1. The first-order valence-electron chi connectivity index (χ1n) is 10.4. The Morgan fingerprint density at radius 1 is 1.16 bits per heavy atom. The van der Waals surface area contributed by atoms with Gasteiger partial charge in [0, 0.05) is 31.1 Å². The van der Waals surface area contributed by atoms with Crippen molar-refractivity contribution < 1.29 is 22.4 Å². The second kappa shape index (κ2) is 8.42. The maximum absolute atomic E-state index is 13.0. The Morgan fingerprint density at radius 3 is 2.55 bits per heavy atom. The van der Waals surface area contributed by atoms with Gasteiger partial charge >= 0.3 is 0 Å². The van der Waals surface area contributed by atoms with Crippen LogP contribution in [-0.2, 0) is 32.4 Å². The van der Waals surface area contributed by atoms with Crippen LogP contribution in [-0.4, -0.2) is 32.0 Å². The number of carbonyl (C=O) groups excluding carboxylic acids is 2. The number of carbonyl (C=O) groups is 2. The highest BCUT2D eigenvalue weighted by atomic mass is 32.2. The van der Waals surface area contributed by atoms with Crippen LogP contribution < -0.4 is 10.2 Å². The van der Waals surface area contributed by atoms with E-state index in [-0.39, 0.29) is 41.4 Å². The number of halogens is 1. The van der Waals surface area contributed by atoms with Crippen molar-refractivity contribution in [1.82, 2.24) is 5.32 Å². The normalized spacial score (nSPS) is 16.6. The quantitative estimate of drug-likeness (QED) is 0.712. The van der Waals surface area contributed by atoms with Crippen LogP contribution in [0.3, 0.4) is 0 Å². The predicted octanol–water partition coefficient (Wildman–Crippen LogP) is 2.99. The molecular weight excluding hydrogens is 419 g/mol. The summed E-state index contributed by atoms with van der Waals surface area (Å²) in [6, 6.07) is 10.6. The molecule has 1 aliphatic carbocycles. The minimum atomic E-state index is -3.70. The molecule has 1 N–H and O–H groups in total. The number of sulfone groups is 1. The van der Waals surface area contributed by atoms with Crippen molar-refractivity contribution in [2.75, 3.05) is 11.4 Å². The van der Waals surface area contributed by atoms with Gasteiger partial charge in [-0.15, -0.1) is 0 Å². The minimum absolute atomic E-state index is 0.114. The Bertz CT molecular complexity index is 1110. The van der Waals surface area contributed by atoms with Crippen LogP contribution in [0.5, 0.6) is 0 Å². The second-order valence-electron chi connectivity index (χ2n) is 8.27. The summed E-state index contributed by atoms with van der Waals surface area (Å²) < 4.78 is 39.0. The number of hydrogen-bond donors (Lipinski definition) is 1. The summed E-state index contributed by atoms with van der Waals surface area (Å²) in [4.78, 5) is 26.6. The van der Waals surface area contributed by atoms with E-state index in [2.05, 4.69) is 5.32 Å². The fourth-order valence-corrected chi connectivity index (χ4v) is 5.21. The van der Waals surface area contributed by atoms with Crippen molar-refractivity contribution in [3.8, 4) is 0 Å². The maximum Gasteiger partial charge on any atom is 0.230 e. The second-order valence-corrected chi connectivity index (χ2v) is 10.6. The lowest BCUT2D eigenvalue weighted by Crippen LogP contribution is -2.30. The van der Waals surface area contributed by atoms with Gasteiger partial charge in [-0.1, -0.05) is 12.1 Å². The van der Waals surface area contributed by atoms with Gasteiger partial charge in [-0.25, -0.2) is 12.8 Å². The molecule has 0 radical (unpaired) electrons. The number of benzene rings is 2. The van der Waals surface area contributed by atoms with Gasteiger partial charge in [-0.05, 0) is 67.6 Å². The lowest BCUT2D eigenvalue weighted by Gasteiger charge is -2.18. The molecule has 1 aliphatic heterocycles. The first-order chi connectivity index (χ1) is 14.8. The van der Waals surface area contributed by atoms with Crippen molar-refractivity contribution in [1.29, 1.82) is 0 Å². The minimum Gasteiger partial charge on any atom is -0.352 e. The molecule has 0 spiro atoms. The van der Waals surface area contributed by atoms with E-state index < -0.39 is 15.1 Å². The molecule has 1 heterocycles. The highest BCUT2D eigenvalue weighted by Crippen LogP contribution is 2.37. The lowest BCUT2D eigenvalue weighted by atomic mass is 10.2. The zero-order valence-electron chi connectivity index (χ0n) is 17.3. The lowest BCUT2D eigenvalue weighted by molar-refractivity contribution is -0.121. The van der Waals surface area contributed by atoms with Crippen LogP contribution in [0.4, 0.5) is 10.1 Å². The first-order valence-corrected chi connectivity index (χ1v) is 12.0. The van der Waals surface area contributed by atoms with E-state index in [4.69, 9.17) is 0 Å². The summed E-state index contributed by atoms with van der Waals surface area (Å²) in [5, 5.41) is 1.78. The number of nitrogens with one attached hydrogen (secondary N) is 1. The molecule has 2 aromatic rings. The molecular formula is C23H25FN2O4S. The van der Waals surface area contributed by atoms with Gasteiger partial charge in [0.05, 0.1) is 10.1 Å². The van der Waals surface area contributed by atoms with Crippen molar-refractivity contribution in [3.05, 3.63) is 59.4 Å². The number of nitrogens with zero attached hydrogens (tertiary/aromatic N) is 1. The molecule has 1 saturated carbocycles. The van der Waals surface area contributed by atoms with Crippen LogP contribution in [0.1, 0.15) is 37.3 Å². The van der Waals surface area contributed by atoms with Crippen LogP contribution in [0.15, 0.2) is 47.4 Å². The SMILES string of the molecule is C[C@H](CC(=O)NCc1ccc(F)cc1)S(=O)(=O)c1ccc2c(c1)CCN2C(=O)C1CC1. The van der Waals surface area contributed by atoms with E-state index in [0.717, 1.165) is 29.7 Å². The van der Waals surface area contributed by atoms with E-state index in [9.17, 15) is 22.4 Å². The van der Waals surface area contributed by atoms with Gasteiger partial charge in [0.2, 0.25) is 11.8 Å². The van der Waals surface area contributed by atoms with E-state index >= 15 is 0 Å². The summed E-state index contributed by atoms with van der Waals surface area (Å²) >= 11 is 0. The van der Waals surface area contributed by atoms with E-state index in [1.54, 1.807) is 29.2 Å². The third kappa shape index (κ3) is 4.63. The van der Waals surface area contributed by atoms with Gasteiger partial charge in [-0.3, -0.25) is 9.59 Å². The third-order valence-corrected chi connectivity index (χ3v) is 8.01. The molecule has 2 amide bonds. The van der Waals surface area contributed by atoms with Crippen LogP contribution in [0.25, 0.3) is 0 Å². The summed E-state index contributed by atoms with van der Waals surface area (Å²) in [6.07, 6.45) is 2.31. The van der Waals surface area contributed by atoms with Crippen LogP contribution in [0.2, 0.25) is 0 Å². The Kier molecular flexibility index (Phi) is 5.83. The van der Waals surface area contributed by atoms with E-state index in [0.29, 0.717) is 13.0 Å². The van der Waals surface area contributed by atoms with Gasteiger partial charge in [0.25, 0.3) is 0 Å². The number of hydrogen-bond acceptors (Lipinski definition) is 4. The highest BCUT2D eigenvalue weighted by molar-refractivity contribution is 7.92. The Hall–Kier alpha value is -2.74. The van der Waals surface area contributed by atoms with Crippen molar-refractivity contribution >= 4 is 27.3 Å². The van der Waals surface area contributed by atoms with Crippen molar-refractivity contribution in [3.63, 3.8) is 0 Å². The first kappa shape index (κ1) is 21.5. The summed E-state index contributed by atoms with van der Waals surface area (Å²) in [5.41, 5.74) is 2.37. The van der Waals surface area contributed by atoms with Crippen LogP contribution >= 0.6 is 0 Å². The van der Waals surface area contributed by atoms with Gasteiger partial charge in [0.1, 0.15) is 5.82 Å². The average Bonchev–Trinajstić information content (AvgIpc) is 3.51. The van der Waals surface area contributed by atoms with Gasteiger partial charge in [0.15, 0.2) is 9.84 Å². The van der Waals surface area contributed by atoms with Crippen molar-refractivity contribution in [2.24, 2.45) is 5.92 Å². The summed E-state index contributed by atoms with van der Waals surface area (Å²) in [7, 11) is -3.70. The topological polar surface area (TPSA) is 83.6 Å². The number of anilines is 1. The Labute approximate surface area is 181 Å². The monoisotopic (exact) mass is 444 g/mol. The van der Waals surface area contributed by atoms with E-state index in [1.807, 2.05) is 0 Å². The molecule has 2 aliphatic rings. The van der Waals surface area contributed by atoms with Gasteiger partial charge in [-0.2, -0.15) is 0 Å². The molecule has 4 rings (SSSR count). The molecule has 0 aromatic heterocycles. The molecule has 2 aromatic carbocycles. The van der Waals surface area contributed by atoms with Crippen LogP contribution in [0, 0.1) is 11.7 Å². The van der Waals surface area contributed by atoms with Gasteiger partial charge < -0.3 is 10.2 Å².